The number of hydrogen-bond acceptors (Lipinski definition) is 6. The third kappa shape index (κ3) is 6.19. The van der Waals surface area contributed by atoms with Crippen molar-refractivity contribution in [1.82, 2.24) is 29.5 Å². The average molecular weight is 589 g/mol. The van der Waals surface area contributed by atoms with Crippen molar-refractivity contribution in [3.63, 3.8) is 0 Å². The molecule has 1 aromatic heterocycles. The minimum absolute atomic E-state index is 0. The highest BCUT2D eigenvalue weighted by Gasteiger charge is 2.48. The lowest BCUT2D eigenvalue weighted by atomic mass is 9.78. The van der Waals surface area contributed by atoms with E-state index in [1.54, 1.807) is 7.05 Å². The van der Waals surface area contributed by atoms with Gasteiger partial charge in [-0.3, -0.25) is 14.4 Å². The van der Waals surface area contributed by atoms with Gasteiger partial charge in [-0.1, -0.05) is 16.8 Å². The summed E-state index contributed by atoms with van der Waals surface area (Å²) < 4.78 is 84.7. The zero-order chi connectivity index (χ0) is 26.3. The Kier molecular flexibility index (Phi) is 8.79. The summed E-state index contributed by atoms with van der Waals surface area (Å²) in [5.41, 5.74) is -1.74. The van der Waals surface area contributed by atoms with E-state index in [-0.39, 0.29) is 68.0 Å². The van der Waals surface area contributed by atoms with Crippen LogP contribution in [-0.2, 0) is 17.1 Å². The molecular weight excluding hydrogens is 563 g/mol. The first-order valence-corrected chi connectivity index (χ1v) is 13.1. The molecule has 2 aromatic rings. The Hall–Kier alpha value is -2.00. The number of halogens is 6. The highest BCUT2D eigenvalue weighted by Crippen LogP contribution is 2.42. The summed E-state index contributed by atoms with van der Waals surface area (Å²) in [5.74, 6) is -6.16. The lowest BCUT2D eigenvalue weighted by Crippen LogP contribution is -2.63. The molecule has 0 unspecified atom stereocenters. The fourth-order valence-electron chi connectivity index (χ4n) is 4.76. The molecule has 37 heavy (non-hydrogen) atoms. The van der Waals surface area contributed by atoms with Crippen molar-refractivity contribution in [3.8, 4) is 0 Å². The van der Waals surface area contributed by atoms with Crippen molar-refractivity contribution in [2.45, 2.75) is 42.2 Å². The number of hydrogen-bond donors (Lipinski definition) is 1. The highest BCUT2D eigenvalue weighted by atomic mass is 35.5. The SMILES string of the molecule is Cl.Cn1cc(S(=O)(=O)N2CCN(C3(CNC(=O)c4c(F)cc(Cl)cc4F)CCC(F)(F)CC3)CC2)nn1. The zero-order valence-electron chi connectivity index (χ0n) is 19.8. The first-order valence-electron chi connectivity index (χ1n) is 11.3. The van der Waals surface area contributed by atoms with E-state index in [1.165, 1.54) is 15.2 Å². The van der Waals surface area contributed by atoms with Gasteiger partial charge in [-0.15, -0.1) is 17.5 Å². The highest BCUT2D eigenvalue weighted by molar-refractivity contribution is 7.89. The Morgan fingerprint density at radius 1 is 1.08 bits per heavy atom. The second kappa shape index (κ2) is 11.0. The summed E-state index contributed by atoms with van der Waals surface area (Å²) in [6.45, 7) is 0.437. The number of nitrogens with zero attached hydrogens (tertiary/aromatic N) is 5. The van der Waals surface area contributed by atoms with E-state index in [4.69, 9.17) is 11.6 Å². The van der Waals surface area contributed by atoms with Crippen LogP contribution >= 0.6 is 24.0 Å². The van der Waals surface area contributed by atoms with Gasteiger partial charge in [-0.25, -0.2) is 26.0 Å². The lowest BCUT2D eigenvalue weighted by Gasteiger charge is -2.50. The van der Waals surface area contributed by atoms with E-state index in [2.05, 4.69) is 15.6 Å². The molecule has 1 N–H and O–H groups in total. The maximum Gasteiger partial charge on any atom is 0.264 e. The van der Waals surface area contributed by atoms with Crippen molar-refractivity contribution in [1.29, 1.82) is 0 Å². The van der Waals surface area contributed by atoms with Crippen LogP contribution in [0, 0.1) is 11.6 Å². The molecule has 2 fully saturated rings. The normalized spacial score (nSPS) is 20.3. The molecular formula is C21H26Cl2F4N6O3S. The van der Waals surface area contributed by atoms with Gasteiger partial charge in [-0.05, 0) is 25.0 Å². The first-order chi connectivity index (χ1) is 16.8. The Morgan fingerprint density at radius 2 is 1.65 bits per heavy atom. The van der Waals surface area contributed by atoms with Gasteiger partial charge in [0.05, 0.1) is 6.20 Å². The minimum Gasteiger partial charge on any atom is -0.350 e. The van der Waals surface area contributed by atoms with Gasteiger partial charge in [0.2, 0.25) is 10.9 Å². The molecule has 0 spiro atoms. The van der Waals surface area contributed by atoms with Crippen LogP contribution in [0.4, 0.5) is 17.6 Å². The summed E-state index contributed by atoms with van der Waals surface area (Å²) in [7, 11) is -2.34. The fourth-order valence-corrected chi connectivity index (χ4v) is 6.28. The predicted octanol–water partition coefficient (Wildman–Crippen LogP) is 2.85. The molecule has 0 atom stereocenters. The Bertz CT molecular complexity index is 1220. The van der Waals surface area contributed by atoms with Crippen LogP contribution in [0.1, 0.15) is 36.0 Å². The molecule has 0 radical (unpaired) electrons. The molecule has 2 aliphatic rings. The van der Waals surface area contributed by atoms with Crippen LogP contribution in [0.2, 0.25) is 5.02 Å². The number of amides is 1. The summed E-state index contributed by atoms with van der Waals surface area (Å²) in [4.78, 5) is 14.5. The van der Waals surface area contributed by atoms with Gasteiger partial charge < -0.3 is 5.32 Å². The Labute approximate surface area is 222 Å². The minimum atomic E-state index is -3.88. The molecule has 16 heteroatoms. The smallest absolute Gasteiger partial charge is 0.264 e. The van der Waals surface area contributed by atoms with Gasteiger partial charge >= 0.3 is 0 Å². The molecule has 2 heterocycles. The van der Waals surface area contributed by atoms with E-state index >= 15 is 0 Å². The second-order valence-corrected chi connectivity index (χ2v) is 11.5. The van der Waals surface area contributed by atoms with Crippen molar-refractivity contribution in [2.75, 3.05) is 32.7 Å². The number of benzene rings is 1. The summed E-state index contributed by atoms with van der Waals surface area (Å²) in [6.07, 6.45) is 0.470. The molecule has 1 amide bonds. The molecule has 0 bridgehead atoms. The van der Waals surface area contributed by atoms with Crippen LogP contribution in [0.25, 0.3) is 0 Å². The summed E-state index contributed by atoms with van der Waals surface area (Å²) in [5, 5.41) is 9.43. The van der Waals surface area contributed by atoms with Crippen LogP contribution < -0.4 is 5.32 Å². The number of rotatable bonds is 6. The van der Waals surface area contributed by atoms with Gasteiger partial charge in [-0.2, -0.15) is 4.31 Å². The Morgan fingerprint density at radius 3 is 2.16 bits per heavy atom. The third-order valence-corrected chi connectivity index (χ3v) is 8.80. The monoisotopic (exact) mass is 588 g/mol. The molecule has 1 saturated heterocycles. The quantitative estimate of drug-likeness (QED) is 0.521. The van der Waals surface area contributed by atoms with E-state index in [1.807, 2.05) is 4.90 Å². The van der Waals surface area contributed by atoms with Gasteiger partial charge in [0.15, 0.2) is 0 Å². The van der Waals surface area contributed by atoms with E-state index in [0.29, 0.717) is 0 Å². The number of sulfonamides is 1. The molecule has 1 aromatic carbocycles. The van der Waals surface area contributed by atoms with Crippen molar-refractivity contribution in [3.05, 3.63) is 40.6 Å². The number of carbonyl (C=O) groups is 1. The van der Waals surface area contributed by atoms with Gasteiger partial charge in [0.1, 0.15) is 17.2 Å². The molecule has 9 nitrogen and oxygen atoms in total. The Balaban J connectivity index is 0.00000380. The molecule has 1 aliphatic heterocycles. The number of aryl methyl sites for hydroxylation is 1. The fraction of sp³-hybridized carbons (Fsp3) is 0.571. The maximum absolute atomic E-state index is 14.2. The summed E-state index contributed by atoms with van der Waals surface area (Å²) >= 11 is 5.62. The van der Waals surface area contributed by atoms with Crippen molar-refractivity contribution >= 4 is 39.9 Å². The topological polar surface area (TPSA) is 100 Å². The van der Waals surface area contributed by atoms with Gasteiger partial charge in [0.25, 0.3) is 15.9 Å². The average Bonchev–Trinajstić information content (AvgIpc) is 3.25. The molecule has 1 aliphatic carbocycles. The van der Waals surface area contributed by atoms with E-state index in [0.717, 1.165) is 12.1 Å². The zero-order valence-corrected chi connectivity index (χ0v) is 22.2. The van der Waals surface area contributed by atoms with Crippen LogP contribution in [-0.4, -0.2) is 82.7 Å². The molecule has 206 valence electrons. The van der Waals surface area contributed by atoms with Crippen molar-refractivity contribution in [2.24, 2.45) is 7.05 Å². The number of nitrogens with one attached hydrogen (secondary N) is 1. The standard InChI is InChI=1S/C21H25ClF4N6O3S.ClH/c1-30-12-17(28-29-30)36(34,35)32-8-6-31(7-9-32)20(2-4-21(25,26)5-3-20)13-27-19(33)18-15(23)10-14(22)11-16(18)24;/h10-12H,2-9,13H2,1H3,(H,27,33);1H. The summed E-state index contributed by atoms with van der Waals surface area (Å²) in [6, 6.07) is 1.63. The van der Waals surface area contributed by atoms with Crippen LogP contribution in [0.3, 0.4) is 0 Å². The number of aromatic nitrogens is 3. The maximum atomic E-state index is 14.2. The van der Waals surface area contributed by atoms with Crippen molar-refractivity contribution < 1.29 is 30.8 Å². The number of piperazine rings is 1. The largest absolute Gasteiger partial charge is 0.350 e. The van der Waals surface area contributed by atoms with E-state index in [9.17, 15) is 30.8 Å². The number of carbonyl (C=O) groups excluding carboxylic acids is 1. The van der Waals surface area contributed by atoms with Gasteiger partial charge in [0, 0.05) is 63.2 Å². The predicted molar refractivity (Wildman–Crippen MR) is 128 cm³/mol. The van der Waals surface area contributed by atoms with Crippen LogP contribution in [0.5, 0.6) is 0 Å². The lowest BCUT2D eigenvalue weighted by molar-refractivity contribution is -0.0856. The molecule has 4 rings (SSSR count). The molecule has 1 saturated carbocycles. The third-order valence-electron chi connectivity index (χ3n) is 6.82. The second-order valence-electron chi connectivity index (χ2n) is 9.13. The number of alkyl halides is 2. The van der Waals surface area contributed by atoms with Crippen LogP contribution in [0.15, 0.2) is 23.4 Å². The van der Waals surface area contributed by atoms with E-state index < -0.39 is 57.4 Å². The first kappa shape index (κ1) is 29.6.